The number of amides is 1. The third-order valence-corrected chi connectivity index (χ3v) is 8.62. The lowest BCUT2D eigenvalue weighted by Crippen LogP contribution is -2.65. The fourth-order valence-electron chi connectivity index (χ4n) is 6.51. The number of phenols is 1. The van der Waals surface area contributed by atoms with Crippen molar-refractivity contribution in [3.63, 3.8) is 0 Å². The number of primary amides is 1. The van der Waals surface area contributed by atoms with Crippen LogP contribution in [0.5, 0.6) is 5.75 Å². The standard InChI is InChI=1S/C27H30ClN3O7/c1-30(2)20-15-9-12-8-14-16(28)10-13(11-31-6-4-3-5-7-31)21(32)18(14)22(33)17(12)24(35)27(15,38)25(36)19(23(20)34)26(29)37/h3-4,10,12,15,20,32-33,36,38H,5-9,11H2,1-2H3,(H2,29,37)/t12-,15-,20?,27-/m0/s1. The summed E-state index contributed by atoms with van der Waals surface area (Å²) in [5.74, 6) is -6.75. The van der Waals surface area contributed by atoms with Crippen molar-refractivity contribution in [3.8, 4) is 5.75 Å². The Balaban J connectivity index is 1.66. The molecule has 0 radical (unpaired) electrons. The summed E-state index contributed by atoms with van der Waals surface area (Å²) in [6.45, 7) is 1.84. The summed E-state index contributed by atoms with van der Waals surface area (Å²) < 4.78 is 0. The second-order valence-corrected chi connectivity index (χ2v) is 11.1. The van der Waals surface area contributed by atoms with Gasteiger partial charge in [-0.25, -0.2) is 0 Å². The van der Waals surface area contributed by atoms with Gasteiger partial charge in [0.1, 0.15) is 22.8 Å². The number of fused-ring (bicyclic) bond motifs is 3. The molecule has 11 heteroatoms. The van der Waals surface area contributed by atoms with Gasteiger partial charge < -0.3 is 26.2 Å². The monoisotopic (exact) mass is 543 g/mol. The Kier molecular flexibility index (Phi) is 6.42. The van der Waals surface area contributed by atoms with Crippen LogP contribution in [0, 0.1) is 11.8 Å². The summed E-state index contributed by atoms with van der Waals surface area (Å²) in [6, 6.07) is 0.533. The van der Waals surface area contributed by atoms with Crippen LogP contribution in [-0.2, 0) is 27.3 Å². The number of aliphatic hydroxyl groups is 3. The number of benzene rings is 1. The molecule has 5 rings (SSSR count). The number of aromatic hydroxyl groups is 1. The number of likely N-dealkylation sites (N-methyl/N-ethyl adjacent to an activating group) is 1. The topological polar surface area (TPSA) is 165 Å². The number of hydrogen-bond donors (Lipinski definition) is 5. The molecule has 10 nitrogen and oxygen atoms in total. The molecule has 6 N–H and O–H groups in total. The molecule has 1 heterocycles. The van der Waals surface area contributed by atoms with Gasteiger partial charge in [-0.3, -0.25) is 24.2 Å². The molecule has 1 fully saturated rings. The number of phenolic OH excluding ortho intramolecular Hbond substituents is 1. The summed E-state index contributed by atoms with van der Waals surface area (Å²) in [5, 5.41) is 45.5. The fraction of sp³-hybridized carbons (Fsp3) is 0.444. The van der Waals surface area contributed by atoms with E-state index in [1.54, 1.807) is 20.2 Å². The SMILES string of the molecule is CN(C)C1C(=O)C(C(N)=O)=C(O)[C@@]2(O)C(=O)C3=C(O)c4c(O)c(CN5CC=CCC5)cc(Cl)c4C[C@H]3C[C@@H]12. The van der Waals surface area contributed by atoms with E-state index in [0.717, 1.165) is 13.0 Å². The highest BCUT2D eigenvalue weighted by molar-refractivity contribution is 6.32. The number of carbonyl (C=O) groups is 3. The Hall–Kier alpha value is -3.18. The van der Waals surface area contributed by atoms with E-state index < -0.39 is 58.0 Å². The van der Waals surface area contributed by atoms with Crippen LogP contribution in [0.1, 0.15) is 29.5 Å². The maximum absolute atomic E-state index is 13.9. The van der Waals surface area contributed by atoms with E-state index >= 15 is 0 Å². The van der Waals surface area contributed by atoms with Gasteiger partial charge in [0.2, 0.25) is 5.78 Å². The lowest BCUT2D eigenvalue weighted by atomic mass is 9.57. The van der Waals surface area contributed by atoms with Gasteiger partial charge in [0.15, 0.2) is 11.4 Å². The largest absolute Gasteiger partial charge is 0.508 e. The summed E-state index contributed by atoms with van der Waals surface area (Å²) in [6.07, 6.45) is 5.15. The highest BCUT2D eigenvalue weighted by atomic mass is 35.5. The normalized spacial score (nSPS) is 29.4. The molecule has 3 aliphatic carbocycles. The van der Waals surface area contributed by atoms with Gasteiger partial charge in [-0.2, -0.15) is 0 Å². The Morgan fingerprint density at radius 2 is 1.95 bits per heavy atom. The van der Waals surface area contributed by atoms with Crippen molar-refractivity contribution in [1.82, 2.24) is 9.80 Å². The van der Waals surface area contributed by atoms with Crippen molar-refractivity contribution in [2.45, 2.75) is 37.5 Å². The van der Waals surface area contributed by atoms with Crippen molar-refractivity contribution >= 4 is 34.8 Å². The first-order valence-electron chi connectivity index (χ1n) is 12.4. The van der Waals surface area contributed by atoms with Crippen LogP contribution >= 0.6 is 11.6 Å². The maximum Gasteiger partial charge on any atom is 0.255 e. The van der Waals surface area contributed by atoms with E-state index in [2.05, 4.69) is 11.0 Å². The smallest absolute Gasteiger partial charge is 0.255 e. The molecule has 38 heavy (non-hydrogen) atoms. The minimum atomic E-state index is -2.66. The van der Waals surface area contributed by atoms with E-state index in [9.17, 15) is 34.8 Å². The molecule has 0 bridgehead atoms. The molecule has 1 aromatic carbocycles. The average Bonchev–Trinajstić information content (AvgIpc) is 2.84. The average molecular weight is 544 g/mol. The first kappa shape index (κ1) is 26.4. The zero-order valence-electron chi connectivity index (χ0n) is 21.1. The van der Waals surface area contributed by atoms with E-state index in [4.69, 9.17) is 17.3 Å². The van der Waals surface area contributed by atoms with Crippen LogP contribution in [0.4, 0.5) is 0 Å². The van der Waals surface area contributed by atoms with E-state index in [0.29, 0.717) is 29.2 Å². The molecule has 4 atom stereocenters. The molecular weight excluding hydrogens is 514 g/mol. The van der Waals surface area contributed by atoms with Gasteiger partial charge in [0.05, 0.1) is 11.6 Å². The number of carbonyl (C=O) groups excluding carboxylic acids is 3. The number of Topliss-reactive ketones (excluding diaryl/α,β-unsaturated/α-hetero) is 2. The van der Waals surface area contributed by atoms with Gasteiger partial charge >= 0.3 is 0 Å². The number of nitrogens with two attached hydrogens (primary N) is 1. The van der Waals surface area contributed by atoms with Crippen LogP contribution in [0.2, 0.25) is 5.02 Å². The Morgan fingerprint density at radius 3 is 2.55 bits per heavy atom. The Bertz CT molecular complexity index is 1360. The fourth-order valence-corrected chi connectivity index (χ4v) is 6.82. The second-order valence-electron chi connectivity index (χ2n) is 10.7. The van der Waals surface area contributed by atoms with E-state index in [-0.39, 0.29) is 29.7 Å². The van der Waals surface area contributed by atoms with Crippen LogP contribution in [0.25, 0.3) is 5.76 Å². The van der Waals surface area contributed by atoms with Crippen LogP contribution < -0.4 is 5.73 Å². The summed E-state index contributed by atoms with van der Waals surface area (Å²) >= 11 is 6.64. The number of halogens is 1. The minimum absolute atomic E-state index is 0.0105. The summed E-state index contributed by atoms with van der Waals surface area (Å²) in [5.41, 5.74) is 2.60. The predicted octanol–water partition coefficient (Wildman–Crippen LogP) is 1.38. The highest BCUT2D eigenvalue weighted by Gasteiger charge is 2.64. The summed E-state index contributed by atoms with van der Waals surface area (Å²) in [7, 11) is 3.12. The van der Waals surface area contributed by atoms with E-state index in [1.807, 2.05) is 6.08 Å². The van der Waals surface area contributed by atoms with Gasteiger partial charge in [-0.15, -0.1) is 0 Å². The zero-order chi connectivity index (χ0) is 27.7. The van der Waals surface area contributed by atoms with Crippen molar-refractivity contribution < 1.29 is 34.8 Å². The Morgan fingerprint density at radius 1 is 1.24 bits per heavy atom. The lowest BCUT2D eigenvalue weighted by Gasteiger charge is -2.50. The number of rotatable bonds is 4. The van der Waals surface area contributed by atoms with Gasteiger partial charge in [0.25, 0.3) is 5.91 Å². The lowest BCUT2D eigenvalue weighted by molar-refractivity contribution is -0.153. The third-order valence-electron chi connectivity index (χ3n) is 8.28. The molecule has 1 amide bonds. The first-order chi connectivity index (χ1) is 17.9. The van der Waals surface area contributed by atoms with Crippen LogP contribution in [-0.4, -0.2) is 86.5 Å². The van der Waals surface area contributed by atoms with Crippen molar-refractivity contribution in [1.29, 1.82) is 0 Å². The molecule has 202 valence electrons. The van der Waals surface area contributed by atoms with Gasteiger partial charge in [0, 0.05) is 41.7 Å². The molecular formula is C27H30ClN3O7. The maximum atomic E-state index is 13.9. The van der Waals surface area contributed by atoms with Crippen molar-refractivity contribution in [3.05, 3.63) is 56.8 Å². The van der Waals surface area contributed by atoms with E-state index in [1.165, 1.54) is 4.90 Å². The quantitative estimate of drug-likeness (QED) is 0.278. The minimum Gasteiger partial charge on any atom is -0.508 e. The third kappa shape index (κ3) is 3.70. The highest BCUT2D eigenvalue weighted by Crippen LogP contribution is 2.53. The van der Waals surface area contributed by atoms with Crippen LogP contribution in [0.3, 0.4) is 0 Å². The number of aliphatic hydroxyl groups excluding tert-OH is 2. The molecule has 1 unspecified atom stereocenters. The first-order valence-corrected chi connectivity index (χ1v) is 12.8. The molecule has 1 saturated carbocycles. The Labute approximate surface area is 224 Å². The van der Waals surface area contributed by atoms with Gasteiger partial charge in [-0.1, -0.05) is 23.8 Å². The number of nitrogens with zero attached hydrogens (tertiary/aromatic N) is 2. The molecule has 0 saturated heterocycles. The molecule has 1 aromatic rings. The van der Waals surface area contributed by atoms with Crippen molar-refractivity contribution in [2.24, 2.45) is 17.6 Å². The second kappa shape index (κ2) is 9.23. The molecule has 4 aliphatic rings. The van der Waals surface area contributed by atoms with Crippen molar-refractivity contribution in [2.75, 3.05) is 27.2 Å². The number of hydrogen-bond acceptors (Lipinski definition) is 9. The predicted molar refractivity (Wildman–Crippen MR) is 138 cm³/mol. The van der Waals surface area contributed by atoms with Crippen LogP contribution in [0.15, 0.2) is 35.1 Å². The summed E-state index contributed by atoms with van der Waals surface area (Å²) in [4.78, 5) is 42.7. The molecule has 1 aliphatic heterocycles. The zero-order valence-corrected chi connectivity index (χ0v) is 21.8. The number of ketones is 2. The molecule has 0 spiro atoms. The molecule has 0 aromatic heterocycles. The van der Waals surface area contributed by atoms with Gasteiger partial charge in [-0.05, 0) is 50.9 Å².